The van der Waals surface area contributed by atoms with Crippen LogP contribution in [0.25, 0.3) is 0 Å². The number of nitrogens with zero attached hydrogens (tertiary/aromatic N) is 1. The molecular formula is C15H27BrIN3OS. The molecule has 2 N–H and O–H groups in total. The highest BCUT2D eigenvalue weighted by Crippen LogP contribution is 2.21. The third kappa shape index (κ3) is 10.8. The van der Waals surface area contributed by atoms with Gasteiger partial charge in [0, 0.05) is 38.2 Å². The van der Waals surface area contributed by atoms with Crippen LogP contribution >= 0.6 is 51.2 Å². The molecule has 0 amide bonds. The summed E-state index contributed by atoms with van der Waals surface area (Å²) in [5.74, 6) is 1.46. The SMILES string of the molecule is CN=C(NCCCOCC(C)C)NCCc1ccc(Br)s1.I. The van der Waals surface area contributed by atoms with E-state index < -0.39 is 0 Å². The number of nitrogens with one attached hydrogen (secondary N) is 2. The van der Waals surface area contributed by atoms with Crippen molar-refractivity contribution in [2.75, 3.05) is 33.4 Å². The first kappa shape index (κ1) is 22.1. The van der Waals surface area contributed by atoms with Crippen molar-refractivity contribution < 1.29 is 4.74 Å². The van der Waals surface area contributed by atoms with Crippen LogP contribution in [0.5, 0.6) is 0 Å². The van der Waals surface area contributed by atoms with Gasteiger partial charge in [-0.1, -0.05) is 13.8 Å². The zero-order valence-electron chi connectivity index (χ0n) is 13.5. The standard InChI is InChI=1S/C15H26BrN3OS.HI/c1-12(2)11-20-10-4-8-18-15(17-3)19-9-7-13-5-6-14(16)21-13;/h5-6,12H,4,7-11H2,1-3H3,(H2,17,18,19);1H. The van der Waals surface area contributed by atoms with E-state index in [2.05, 4.69) is 57.5 Å². The van der Waals surface area contributed by atoms with E-state index in [0.29, 0.717) is 5.92 Å². The first-order valence-corrected chi connectivity index (χ1v) is 8.99. The van der Waals surface area contributed by atoms with Gasteiger partial charge in [0.05, 0.1) is 3.79 Å². The third-order valence-corrected chi connectivity index (χ3v) is 4.41. The molecule has 1 aromatic rings. The second kappa shape index (κ2) is 13.6. The molecule has 0 saturated heterocycles. The number of thiophene rings is 1. The third-order valence-electron chi connectivity index (χ3n) is 2.73. The maximum absolute atomic E-state index is 5.55. The lowest BCUT2D eigenvalue weighted by Gasteiger charge is -2.12. The molecule has 22 heavy (non-hydrogen) atoms. The molecule has 0 radical (unpaired) electrons. The molecule has 128 valence electrons. The Bertz CT molecular complexity index is 427. The van der Waals surface area contributed by atoms with Gasteiger partial charge in [0.1, 0.15) is 0 Å². The summed E-state index contributed by atoms with van der Waals surface area (Å²) in [5.41, 5.74) is 0. The lowest BCUT2D eigenvalue weighted by Crippen LogP contribution is -2.38. The summed E-state index contributed by atoms with van der Waals surface area (Å²) >= 11 is 5.26. The normalized spacial score (nSPS) is 11.4. The van der Waals surface area contributed by atoms with Gasteiger partial charge in [0.25, 0.3) is 0 Å². The minimum absolute atomic E-state index is 0. The zero-order valence-corrected chi connectivity index (χ0v) is 18.3. The van der Waals surface area contributed by atoms with E-state index in [1.165, 1.54) is 8.66 Å². The largest absolute Gasteiger partial charge is 0.381 e. The van der Waals surface area contributed by atoms with Gasteiger partial charge in [0.15, 0.2) is 5.96 Å². The number of guanidine groups is 1. The molecule has 1 rings (SSSR count). The fourth-order valence-electron chi connectivity index (χ4n) is 1.71. The molecule has 0 spiro atoms. The van der Waals surface area contributed by atoms with Gasteiger partial charge in [-0.15, -0.1) is 35.3 Å². The van der Waals surface area contributed by atoms with Crippen LogP contribution in [0, 0.1) is 5.92 Å². The number of ether oxygens (including phenoxy) is 1. The van der Waals surface area contributed by atoms with Crippen LogP contribution in [0.15, 0.2) is 20.9 Å². The minimum atomic E-state index is 0. The molecule has 0 saturated carbocycles. The highest BCUT2D eigenvalue weighted by Gasteiger charge is 2.00. The molecule has 0 aliphatic rings. The summed E-state index contributed by atoms with van der Waals surface area (Å²) in [6.45, 7) is 7.72. The second-order valence-electron chi connectivity index (χ2n) is 5.20. The average Bonchev–Trinajstić information content (AvgIpc) is 2.86. The Hall–Kier alpha value is 0.140. The lowest BCUT2D eigenvalue weighted by atomic mass is 10.2. The highest BCUT2D eigenvalue weighted by molar-refractivity contribution is 14.0. The Kier molecular flexibility index (Phi) is 13.7. The number of rotatable bonds is 9. The van der Waals surface area contributed by atoms with Crippen molar-refractivity contribution in [3.63, 3.8) is 0 Å². The van der Waals surface area contributed by atoms with Crippen molar-refractivity contribution in [1.29, 1.82) is 0 Å². The Morgan fingerprint density at radius 2 is 2.05 bits per heavy atom. The van der Waals surface area contributed by atoms with Crippen LogP contribution in [0.4, 0.5) is 0 Å². The van der Waals surface area contributed by atoms with Gasteiger partial charge in [-0.25, -0.2) is 0 Å². The number of aliphatic imine (C=N–C) groups is 1. The fraction of sp³-hybridized carbons (Fsp3) is 0.667. The summed E-state index contributed by atoms with van der Waals surface area (Å²) in [6.07, 6.45) is 2.00. The maximum Gasteiger partial charge on any atom is 0.190 e. The van der Waals surface area contributed by atoms with Crippen molar-refractivity contribution in [1.82, 2.24) is 10.6 Å². The van der Waals surface area contributed by atoms with Gasteiger partial charge in [-0.3, -0.25) is 4.99 Å². The van der Waals surface area contributed by atoms with E-state index in [0.717, 1.165) is 45.1 Å². The number of hydrogen-bond donors (Lipinski definition) is 2. The second-order valence-corrected chi connectivity index (χ2v) is 7.75. The molecule has 1 aromatic heterocycles. The summed E-state index contributed by atoms with van der Waals surface area (Å²) in [6, 6.07) is 4.24. The minimum Gasteiger partial charge on any atom is -0.381 e. The average molecular weight is 504 g/mol. The van der Waals surface area contributed by atoms with Gasteiger partial charge in [0.2, 0.25) is 0 Å². The van der Waals surface area contributed by atoms with E-state index >= 15 is 0 Å². The zero-order chi connectivity index (χ0) is 15.5. The molecule has 0 fully saturated rings. The Morgan fingerprint density at radius 3 is 2.64 bits per heavy atom. The summed E-state index contributed by atoms with van der Waals surface area (Å²) in [4.78, 5) is 5.59. The molecule has 0 aliphatic heterocycles. The molecule has 7 heteroatoms. The van der Waals surface area contributed by atoms with Crippen molar-refractivity contribution in [3.05, 3.63) is 20.8 Å². The predicted octanol–water partition coefficient (Wildman–Crippen LogP) is 3.90. The molecule has 1 heterocycles. The molecule has 4 nitrogen and oxygen atoms in total. The fourth-order valence-corrected chi connectivity index (χ4v) is 3.19. The molecule has 0 aliphatic carbocycles. The Morgan fingerprint density at radius 1 is 1.32 bits per heavy atom. The van der Waals surface area contributed by atoms with Crippen molar-refractivity contribution >= 4 is 57.2 Å². The van der Waals surface area contributed by atoms with Crippen molar-refractivity contribution in [3.8, 4) is 0 Å². The predicted molar refractivity (Wildman–Crippen MR) is 111 cm³/mol. The molecule has 0 atom stereocenters. The maximum atomic E-state index is 5.55. The topological polar surface area (TPSA) is 45.7 Å². The van der Waals surface area contributed by atoms with Crippen LogP contribution in [0.3, 0.4) is 0 Å². The van der Waals surface area contributed by atoms with Crippen molar-refractivity contribution in [2.45, 2.75) is 26.7 Å². The van der Waals surface area contributed by atoms with Crippen LogP contribution in [0.1, 0.15) is 25.1 Å². The number of hydrogen-bond acceptors (Lipinski definition) is 3. The smallest absolute Gasteiger partial charge is 0.190 e. The van der Waals surface area contributed by atoms with Crippen LogP contribution < -0.4 is 10.6 Å². The Balaban J connectivity index is 0.00000441. The quantitative estimate of drug-likeness (QED) is 0.232. The van der Waals surface area contributed by atoms with Crippen LogP contribution in [-0.2, 0) is 11.2 Å². The first-order valence-electron chi connectivity index (χ1n) is 7.38. The van der Waals surface area contributed by atoms with Crippen LogP contribution in [0.2, 0.25) is 0 Å². The number of halogens is 2. The van der Waals surface area contributed by atoms with E-state index in [1.807, 2.05) is 0 Å². The monoisotopic (exact) mass is 503 g/mol. The van der Waals surface area contributed by atoms with Gasteiger partial charge < -0.3 is 15.4 Å². The van der Waals surface area contributed by atoms with E-state index in [1.54, 1.807) is 18.4 Å². The van der Waals surface area contributed by atoms with Gasteiger partial charge in [-0.2, -0.15) is 0 Å². The Labute approximate surface area is 163 Å². The van der Waals surface area contributed by atoms with Gasteiger partial charge >= 0.3 is 0 Å². The molecular weight excluding hydrogens is 477 g/mol. The van der Waals surface area contributed by atoms with Crippen molar-refractivity contribution in [2.24, 2.45) is 10.9 Å². The highest BCUT2D eigenvalue weighted by atomic mass is 127. The molecule has 0 aromatic carbocycles. The molecule has 0 unspecified atom stereocenters. The molecule has 0 bridgehead atoms. The summed E-state index contributed by atoms with van der Waals surface area (Å²) < 4.78 is 6.73. The van der Waals surface area contributed by atoms with E-state index in [9.17, 15) is 0 Å². The first-order chi connectivity index (χ1) is 10.1. The van der Waals surface area contributed by atoms with Gasteiger partial charge in [-0.05, 0) is 46.8 Å². The van der Waals surface area contributed by atoms with E-state index in [4.69, 9.17) is 4.74 Å². The van der Waals surface area contributed by atoms with Crippen LogP contribution in [-0.4, -0.2) is 39.3 Å². The summed E-state index contributed by atoms with van der Waals surface area (Å²) in [5, 5.41) is 6.63. The lowest BCUT2D eigenvalue weighted by molar-refractivity contribution is 0.108. The van der Waals surface area contributed by atoms with E-state index in [-0.39, 0.29) is 24.0 Å². The summed E-state index contributed by atoms with van der Waals surface area (Å²) in [7, 11) is 1.80.